The van der Waals surface area contributed by atoms with Gasteiger partial charge in [-0.3, -0.25) is 0 Å². The van der Waals surface area contributed by atoms with Crippen molar-refractivity contribution in [3.05, 3.63) is 12.7 Å². The predicted octanol–water partition coefficient (Wildman–Crippen LogP) is 2.05. The van der Waals surface area contributed by atoms with Gasteiger partial charge in [0.05, 0.1) is 5.25 Å². The average Bonchev–Trinajstić information content (AvgIpc) is 1.99. The fourth-order valence-electron chi connectivity index (χ4n) is 2.16. The second-order valence-electron chi connectivity index (χ2n) is 4.66. The lowest BCUT2D eigenvalue weighted by Gasteiger charge is -2.31. The smallest absolute Gasteiger partial charge is 0.212 e. The molecule has 1 fully saturated rings. The zero-order valence-corrected chi connectivity index (χ0v) is 10.2. The van der Waals surface area contributed by atoms with Gasteiger partial charge in [0, 0.05) is 0 Å². The van der Waals surface area contributed by atoms with Crippen LogP contribution in [0.4, 0.5) is 0 Å². The Balaban J connectivity index is 2.63. The highest BCUT2D eigenvalue weighted by Crippen LogP contribution is 2.34. The van der Waals surface area contributed by atoms with Crippen molar-refractivity contribution in [3.63, 3.8) is 0 Å². The van der Waals surface area contributed by atoms with Crippen LogP contribution in [-0.4, -0.2) is 13.7 Å². The van der Waals surface area contributed by atoms with Crippen LogP contribution in [0.1, 0.15) is 39.0 Å². The van der Waals surface area contributed by atoms with E-state index in [-0.39, 0.29) is 11.2 Å². The molecule has 0 aromatic heterocycles. The maximum atomic E-state index is 11.5. The summed E-state index contributed by atoms with van der Waals surface area (Å²) in [4.78, 5) is 0. The van der Waals surface area contributed by atoms with E-state index in [9.17, 15) is 8.42 Å². The quantitative estimate of drug-likeness (QED) is 0.711. The topological polar surface area (TPSA) is 60.2 Å². The third-order valence-corrected chi connectivity index (χ3v) is 4.89. The van der Waals surface area contributed by atoms with E-state index in [0.717, 1.165) is 19.3 Å². The van der Waals surface area contributed by atoms with Gasteiger partial charge in [0.2, 0.25) is 10.0 Å². The molecule has 88 valence electrons. The van der Waals surface area contributed by atoms with Gasteiger partial charge in [-0.25, -0.2) is 13.6 Å². The van der Waals surface area contributed by atoms with Crippen molar-refractivity contribution in [3.8, 4) is 0 Å². The molecule has 4 heteroatoms. The molecule has 3 nitrogen and oxygen atoms in total. The van der Waals surface area contributed by atoms with Crippen LogP contribution in [0.25, 0.3) is 0 Å². The molecular weight excluding hydrogens is 210 g/mol. The molecule has 0 bridgehead atoms. The first kappa shape index (κ1) is 12.7. The van der Waals surface area contributed by atoms with Crippen molar-refractivity contribution in [2.24, 2.45) is 17.0 Å². The third-order valence-electron chi connectivity index (χ3n) is 3.39. The van der Waals surface area contributed by atoms with Gasteiger partial charge in [-0.2, -0.15) is 0 Å². The monoisotopic (exact) mass is 231 g/mol. The van der Waals surface area contributed by atoms with Crippen molar-refractivity contribution in [2.75, 3.05) is 0 Å². The van der Waals surface area contributed by atoms with Gasteiger partial charge in [-0.15, -0.1) is 6.58 Å². The van der Waals surface area contributed by atoms with E-state index in [1.54, 1.807) is 6.08 Å². The van der Waals surface area contributed by atoms with Crippen molar-refractivity contribution in [1.29, 1.82) is 0 Å². The number of primary sulfonamides is 1. The Labute approximate surface area is 92.8 Å². The molecule has 0 aromatic rings. The summed E-state index contributed by atoms with van der Waals surface area (Å²) in [6, 6.07) is 0. The predicted molar refractivity (Wildman–Crippen MR) is 62.8 cm³/mol. The minimum Gasteiger partial charge on any atom is -0.228 e. The standard InChI is InChI=1S/C11H21NO2S/c1-3-5-9(2)11(15(12,13)14)8-10-6-4-7-10/h3,9-11H,1,4-8H2,2H3,(H2,12,13,14)/t9-,11?/m1/s1. The van der Waals surface area contributed by atoms with Gasteiger partial charge < -0.3 is 0 Å². The molecule has 1 rings (SSSR count). The van der Waals surface area contributed by atoms with Crippen LogP contribution in [0.2, 0.25) is 0 Å². The van der Waals surface area contributed by atoms with Crippen molar-refractivity contribution < 1.29 is 8.42 Å². The first-order chi connectivity index (χ1) is 6.95. The normalized spacial score (nSPS) is 21.7. The van der Waals surface area contributed by atoms with Crippen LogP contribution < -0.4 is 5.14 Å². The minimum atomic E-state index is -3.41. The molecule has 2 atom stereocenters. The summed E-state index contributed by atoms with van der Waals surface area (Å²) in [7, 11) is -3.41. The molecule has 1 saturated carbocycles. The Bertz CT molecular complexity index is 307. The number of nitrogens with two attached hydrogens (primary N) is 1. The molecule has 1 aliphatic carbocycles. The summed E-state index contributed by atoms with van der Waals surface area (Å²) in [5.41, 5.74) is 0. The molecular formula is C11H21NO2S. The summed E-state index contributed by atoms with van der Waals surface area (Å²) in [6.45, 7) is 5.58. The maximum Gasteiger partial charge on any atom is 0.212 e. The summed E-state index contributed by atoms with van der Waals surface area (Å²) in [6.07, 6.45) is 6.77. The Morgan fingerprint density at radius 1 is 1.53 bits per heavy atom. The molecule has 0 radical (unpaired) electrons. The summed E-state index contributed by atoms with van der Waals surface area (Å²) >= 11 is 0. The molecule has 0 saturated heterocycles. The number of hydrogen-bond acceptors (Lipinski definition) is 2. The fourth-order valence-corrected chi connectivity index (χ4v) is 3.46. The Hall–Kier alpha value is -0.350. The third kappa shape index (κ3) is 3.61. The zero-order valence-electron chi connectivity index (χ0n) is 9.35. The summed E-state index contributed by atoms with van der Waals surface area (Å²) < 4.78 is 22.9. The van der Waals surface area contributed by atoms with E-state index in [2.05, 4.69) is 6.58 Å². The second-order valence-corrected chi connectivity index (χ2v) is 6.45. The Kier molecular flexibility index (Phi) is 4.34. The van der Waals surface area contributed by atoms with E-state index < -0.39 is 10.0 Å². The highest BCUT2D eigenvalue weighted by molar-refractivity contribution is 7.89. The lowest BCUT2D eigenvalue weighted by molar-refractivity contribution is 0.274. The SMILES string of the molecule is C=CC[C@@H](C)C(CC1CCC1)S(N)(=O)=O. The summed E-state index contributed by atoms with van der Waals surface area (Å²) in [5.74, 6) is 0.652. The molecule has 0 heterocycles. The first-order valence-corrected chi connectivity index (χ1v) is 7.18. The van der Waals surface area contributed by atoms with Crippen molar-refractivity contribution in [2.45, 2.75) is 44.3 Å². The lowest BCUT2D eigenvalue weighted by atomic mass is 9.80. The van der Waals surface area contributed by atoms with E-state index >= 15 is 0 Å². The molecule has 15 heavy (non-hydrogen) atoms. The van der Waals surface area contributed by atoms with Gasteiger partial charge in [0.25, 0.3) is 0 Å². The van der Waals surface area contributed by atoms with Crippen LogP contribution in [0.5, 0.6) is 0 Å². The Morgan fingerprint density at radius 3 is 2.47 bits per heavy atom. The number of rotatable bonds is 6. The first-order valence-electron chi connectivity index (χ1n) is 5.57. The zero-order chi connectivity index (χ0) is 11.5. The molecule has 0 spiro atoms. The van der Waals surface area contributed by atoms with Crippen LogP contribution in [-0.2, 0) is 10.0 Å². The van der Waals surface area contributed by atoms with Crippen LogP contribution in [0, 0.1) is 11.8 Å². The largest absolute Gasteiger partial charge is 0.228 e. The van der Waals surface area contributed by atoms with Crippen LogP contribution in [0.15, 0.2) is 12.7 Å². The van der Waals surface area contributed by atoms with E-state index in [1.807, 2.05) is 6.92 Å². The molecule has 0 amide bonds. The van der Waals surface area contributed by atoms with E-state index in [4.69, 9.17) is 5.14 Å². The van der Waals surface area contributed by atoms with E-state index in [1.165, 1.54) is 6.42 Å². The van der Waals surface area contributed by atoms with Gasteiger partial charge in [-0.05, 0) is 24.7 Å². The Morgan fingerprint density at radius 2 is 2.13 bits per heavy atom. The lowest BCUT2D eigenvalue weighted by Crippen LogP contribution is -2.36. The molecule has 0 aliphatic heterocycles. The number of allylic oxidation sites excluding steroid dienone is 1. The van der Waals surface area contributed by atoms with Gasteiger partial charge in [0.1, 0.15) is 0 Å². The van der Waals surface area contributed by atoms with Gasteiger partial charge in [-0.1, -0.05) is 32.3 Å². The number of hydrogen-bond donors (Lipinski definition) is 1. The second kappa shape index (κ2) is 5.12. The van der Waals surface area contributed by atoms with Gasteiger partial charge in [0.15, 0.2) is 0 Å². The molecule has 0 aromatic carbocycles. The molecule has 2 N–H and O–H groups in total. The molecule has 1 aliphatic rings. The number of sulfonamides is 1. The van der Waals surface area contributed by atoms with Gasteiger partial charge >= 0.3 is 0 Å². The average molecular weight is 231 g/mol. The molecule has 1 unspecified atom stereocenters. The minimum absolute atomic E-state index is 0.0816. The highest BCUT2D eigenvalue weighted by Gasteiger charge is 2.32. The fraction of sp³-hybridized carbons (Fsp3) is 0.818. The van der Waals surface area contributed by atoms with Crippen LogP contribution in [0.3, 0.4) is 0 Å². The maximum absolute atomic E-state index is 11.5. The highest BCUT2D eigenvalue weighted by atomic mass is 32.2. The van der Waals surface area contributed by atoms with Crippen molar-refractivity contribution in [1.82, 2.24) is 0 Å². The summed E-state index contributed by atoms with van der Waals surface area (Å²) in [5, 5.41) is 4.89. The van der Waals surface area contributed by atoms with Crippen LogP contribution >= 0.6 is 0 Å². The van der Waals surface area contributed by atoms with E-state index in [0.29, 0.717) is 12.3 Å². The van der Waals surface area contributed by atoms with Crippen molar-refractivity contribution >= 4 is 10.0 Å².